The number of fused-ring (bicyclic) bond motifs is 1. The van der Waals surface area contributed by atoms with E-state index in [2.05, 4.69) is 15.4 Å². The first-order valence-corrected chi connectivity index (χ1v) is 8.72. The van der Waals surface area contributed by atoms with E-state index in [0.29, 0.717) is 11.3 Å². The Kier molecular flexibility index (Phi) is 4.54. The van der Waals surface area contributed by atoms with Crippen LogP contribution in [0.3, 0.4) is 0 Å². The average Bonchev–Trinajstić information content (AvgIpc) is 3.13. The van der Waals surface area contributed by atoms with Crippen molar-refractivity contribution >= 4 is 17.2 Å². The van der Waals surface area contributed by atoms with Gasteiger partial charge in [-0.1, -0.05) is 18.2 Å². The summed E-state index contributed by atoms with van der Waals surface area (Å²) in [7, 11) is 0. The molecule has 0 aliphatic heterocycles. The predicted molar refractivity (Wildman–Crippen MR) is 103 cm³/mol. The molecular formula is C21H15F3N4O. The van der Waals surface area contributed by atoms with E-state index in [0.717, 1.165) is 29.0 Å². The van der Waals surface area contributed by atoms with Crippen molar-refractivity contribution in [1.82, 2.24) is 14.6 Å². The second-order valence-corrected chi connectivity index (χ2v) is 6.45. The summed E-state index contributed by atoms with van der Waals surface area (Å²) in [5.41, 5.74) is 2.54. The van der Waals surface area contributed by atoms with Crippen LogP contribution in [0.15, 0.2) is 67.0 Å². The highest BCUT2D eigenvalue weighted by Gasteiger charge is 2.31. The number of nitrogens with one attached hydrogen (secondary N) is 1. The number of anilines is 1. The summed E-state index contributed by atoms with van der Waals surface area (Å²) in [5.74, 6) is -0.618. The molecule has 29 heavy (non-hydrogen) atoms. The Morgan fingerprint density at radius 1 is 1.07 bits per heavy atom. The number of hydrogen-bond acceptors (Lipinski definition) is 3. The smallest absolute Gasteiger partial charge is 0.322 e. The minimum absolute atomic E-state index is 0.0684. The van der Waals surface area contributed by atoms with Gasteiger partial charge in [-0.05, 0) is 48.9 Å². The fraction of sp³-hybridized carbons (Fsp3) is 0.0952. The van der Waals surface area contributed by atoms with Crippen LogP contribution in [-0.2, 0) is 6.18 Å². The molecule has 0 aliphatic carbocycles. The number of hydrogen-bond donors (Lipinski definition) is 1. The van der Waals surface area contributed by atoms with E-state index in [4.69, 9.17) is 0 Å². The first-order chi connectivity index (χ1) is 13.8. The van der Waals surface area contributed by atoms with E-state index in [9.17, 15) is 18.0 Å². The van der Waals surface area contributed by atoms with E-state index in [1.165, 1.54) is 12.1 Å². The van der Waals surface area contributed by atoms with Crippen LogP contribution in [0.4, 0.5) is 18.9 Å². The van der Waals surface area contributed by atoms with Crippen molar-refractivity contribution in [3.05, 3.63) is 83.7 Å². The van der Waals surface area contributed by atoms with Crippen LogP contribution >= 0.6 is 0 Å². The Labute approximate surface area is 163 Å². The fourth-order valence-corrected chi connectivity index (χ4v) is 3.09. The Hall–Kier alpha value is -3.68. The lowest BCUT2D eigenvalue weighted by atomic mass is 10.0. The lowest BCUT2D eigenvalue weighted by Gasteiger charge is -2.13. The Balaban J connectivity index is 1.67. The number of halogens is 3. The van der Waals surface area contributed by atoms with E-state index in [1.54, 1.807) is 35.1 Å². The molecule has 0 atom stereocenters. The second-order valence-electron chi connectivity index (χ2n) is 6.45. The van der Waals surface area contributed by atoms with E-state index >= 15 is 0 Å². The summed E-state index contributed by atoms with van der Waals surface area (Å²) in [6, 6.07) is 13.3. The molecule has 1 N–H and O–H groups in total. The summed E-state index contributed by atoms with van der Waals surface area (Å²) in [5, 5.41) is 6.99. The standard InChI is InChI=1S/C21H15F3N4O/c1-13-16(18-12-25-19-9-4-10-26-28(18)19)7-3-8-17(13)27-20(29)14-5-2-6-15(11-14)21(22,23)24/h2-12H,1H3,(H,27,29). The summed E-state index contributed by atoms with van der Waals surface area (Å²) >= 11 is 0. The third-order valence-corrected chi connectivity index (χ3v) is 4.59. The number of carbonyl (C=O) groups excluding carboxylic acids is 1. The highest BCUT2D eigenvalue weighted by molar-refractivity contribution is 6.05. The van der Waals surface area contributed by atoms with Gasteiger partial charge in [0.15, 0.2) is 5.65 Å². The Bertz CT molecular complexity index is 1210. The van der Waals surface area contributed by atoms with Gasteiger partial charge in [0.2, 0.25) is 0 Å². The average molecular weight is 396 g/mol. The van der Waals surface area contributed by atoms with Crippen LogP contribution in [0.1, 0.15) is 21.5 Å². The molecule has 4 rings (SSSR count). The molecule has 1 amide bonds. The first-order valence-electron chi connectivity index (χ1n) is 8.72. The van der Waals surface area contributed by atoms with Crippen LogP contribution in [-0.4, -0.2) is 20.5 Å². The van der Waals surface area contributed by atoms with Crippen LogP contribution in [0, 0.1) is 6.92 Å². The highest BCUT2D eigenvalue weighted by Crippen LogP contribution is 2.31. The molecule has 0 radical (unpaired) electrons. The van der Waals surface area contributed by atoms with Gasteiger partial charge in [0.1, 0.15) is 0 Å². The molecule has 0 saturated heterocycles. The molecule has 4 aromatic rings. The molecule has 8 heteroatoms. The number of aromatic nitrogens is 3. The van der Waals surface area contributed by atoms with Gasteiger partial charge in [-0.25, -0.2) is 9.50 Å². The van der Waals surface area contributed by atoms with Crippen molar-refractivity contribution < 1.29 is 18.0 Å². The molecular weight excluding hydrogens is 381 g/mol. The molecule has 2 aromatic carbocycles. The van der Waals surface area contributed by atoms with Crippen molar-refractivity contribution in [3.63, 3.8) is 0 Å². The largest absolute Gasteiger partial charge is 0.416 e. The van der Waals surface area contributed by atoms with Gasteiger partial charge >= 0.3 is 6.18 Å². The zero-order chi connectivity index (χ0) is 20.6. The minimum atomic E-state index is -4.51. The third kappa shape index (κ3) is 3.56. The summed E-state index contributed by atoms with van der Waals surface area (Å²) < 4.78 is 40.4. The first kappa shape index (κ1) is 18.7. The lowest BCUT2D eigenvalue weighted by Crippen LogP contribution is -2.14. The number of alkyl halides is 3. The van der Waals surface area contributed by atoms with E-state index in [1.807, 2.05) is 19.1 Å². The maximum absolute atomic E-state index is 12.9. The Morgan fingerprint density at radius 2 is 1.86 bits per heavy atom. The topological polar surface area (TPSA) is 59.3 Å². The summed E-state index contributed by atoms with van der Waals surface area (Å²) in [6.45, 7) is 1.82. The number of benzene rings is 2. The van der Waals surface area contributed by atoms with Crippen molar-refractivity contribution in [2.24, 2.45) is 0 Å². The quantitative estimate of drug-likeness (QED) is 0.532. The van der Waals surface area contributed by atoms with Gasteiger partial charge in [0, 0.05) is 23.0 Å². The zero-order valence-electron chi connectivity index (χ0n) is 15.2. The van der Waals surface area contributed by atoms with Crippen molar-refractivity contribution in [2.75, 3.05) is 5.32 Å². The van der Waals surface area contributed by atoms with Crippen molar-refractivity contribution in [3.8, 4) is 11.3 Å². The molecule has 2 heterocycles. The fourth-order valence-electron chi connectivity index (χ4n) is 3.09. The minimum Gasteiger partial charge on any atom is -0.322 e. The lowest BCUT2D eigenvalue weighted by molar-refractivity contribution is -0.137. The van der Waals surface area contributed by atoms with E-state index < -0.39 is 17.6 Å². The van der Waals surface area contributed by atoms with Crippen LogP contribution < -0.4 is 5.32 Å². The van der Waals surface area contributed by atoms with Gasteiger partial charge in [0.25, 0.3) is 5.91 Å². The SMILES string of the molecule is Cc1c(NC(=O)c2cccc(C(F)(F)F)c2)cccc1-c1cnc2cccnn12. The molecule has 0 spiro atoms. The molecule has 0 fully saturated rings. The molecule has 5 nitrogen and oxygen atoms in total. The number of rotatable bonds is 3. The van der Waals surface area contributed by atoms with Gasteiger partial charge in [-0.3, -0.25) is 4.79 Å². The normalized spacial score (nSPS) is 11.6. The molecule has 2 aromatic heterocycles. The van der Waals surface area contributed by atoms with Gasteiger partial charge < -0.3 is 5.32 Å². The van der Waals surface area contributed by atoms with Crippen molar-refractivity contribution in [1.29, 1.82) is 0 Å². The van der Waals surface area contributed by atoms with Crippen LogP contribution in [0.25, 0.3) is 16.9 Å². The number of amides is 1. The maximum atomic E-state index is 12.9. The highest BCUT2D eigenvalue weighted by atomic mass is 19.4. The molecule has 146 valence electrons. The van der Waals surface area contributed by atoms with Gasteiger partial charge in [0.05, 0.1) is 17.5 Å². The maximum Gasteiger partial charge on any atom is 0.416 e. The predicted octanol–water partition coefficient (Wildman–Crippen LogP) is 4.98. The molecule has 0 aliphatic rings. The molecule has 0 saturated carbocycles. The summed E-state index contributed by atoms with van der Waals surface area (Å²) in [6.07, 6.45) is -1.18. The Morgan fingerprint density at radius 3 is 2.66 bits per heavy atom. The van der Waals surface area contributed by atoms with Crippen molar-refractivity contribution in [2.45, 2.75) is 13.1 Å². The second kappa shape index (κ2) is 7.05. The number of carbonyl (C=O) groups is 1. The number of nitrogens with zero attached hydrogens (tertiary/aromatic N) is 3. The van der Waals surface area contributed by atoms with Gasteiger partial charge in [-0.2, -0.15) is 18.3 Å². The summed E-state index contributed by atoms with van der Waals surface area (Å²) in [4.78, 5) is 16.9. The third-order valence-electron chi connectivity index (χ3n) is 4.59. The van der Waals surface area contributed by atoms with E-state index in [-0.39, 0.29) is 5.56 Å². The monoisotopic (exact) mass is 396 g/mol. The van der Waals surface area contributed by atoms with Crippen LogP contribution in [0.5, 0.6) is 0 Å². The molecule has 0 unspecified atom stereocenters. The zero-order valence-corrected chi connectivity index (χ0v) is 15.2. The van der Waals surface area contributed by atoms with Crippen LogP contribution in [0.2, 0.25) is 0 Å². The number of imidazole rings is 1. The van der Waals surface area contributed by atoms with Gasteiger partial charge in [-0.15, -0.1) is 0 Å². The molecule has 0 bridgehead atoms.